The Labute approximate surface area is 74.0 Å². The number of carbonyl (C=O) groups is 4. The second-order valence-corrected chi connectivity index (χ2v) is 2.76. The lowest BCUT2D eigenvalue weighted by molar-refractivity contribution is -0.127. The fourth-order valence-electron chi connectivity index (χ4n) is 1.38. The van der Waals surface area contributed by atoms with E-state index in [1.807, 2.05) is 0 Å². The van der Waals surface area contributed by atoms with Crippen LogP contribution in [0.4, 0.5) is 0 Å². The molecule has 0 spiro atoms. The summed E-state index contributed by atoms with van der Waals surface area (Å²) in [6, 6.07) is 0. The van der Waals surface area contributed by atoms with Crippen molar-refractivity contribution in [3.8, 4) is 0 Å². The van der Waals surface area contributed by atoms with E-state index >= 15 is 0 Å². The van der Waals surface area contributed by atoms with E-state index in [-0.39, 0.29) is 0 Å². The van der Waals surface area contributed by atoms with E-state index in [0.717, 1.165) is 0 Å². The van der Waals surface area contributed by atoms with Gasteiger partial charge in [-0.1, -0.05) is 0 Å². The summed E-state index contributed by atoms with van der Waals surface area (Å²) in [4.78, 5) is 41.8. The van der Waals surface area contributed by atoms with E-state index in [2.05, 4.69) is 0 Å². The van der Waals surface area contributed by atoms with Crippen LogP contribution >= 0.6 is 0 Å². The summed E-state index contributed by atoms with van der Waals surface area (Å²) in [6.45, 7) is 0. The molecule has 0 aliphatic carbocycles. The number of carbonyl (C=O) groups excluding carboxylic acids is 4. The van der Waals surface area contributed by atoms with Gasteiger partial charge in [0.25, 0.3) is 0 Å². The predicted molar refractivity (Wildman–Crippen MR) is 39.9 cm³/mol. The van der Waals surface area contributed by atoms with Gasteiger partial charge in [-0.25, -0.2) is 0 Å². The van der Waals surface area contributed by atoms with Gasteiger partial charge in [0.05, 0.1) is 11.8 Å². The van der Waals surface area contributed by atoms with Gasteiger partial charge in [0.2, 0.25) is 0 Å². The van der Waals surface area contributed by atoms with Crippen molar-refractivity contribution >= 4 is 25.1 Å². The molecule has 70 valence electrons. The Kier molecular flexibility index (Phi) is 3.02. The van der Waals surface area contributed by atoms with Gasteiger partial charge in [-0.05, 0) is 0 Å². The van der Waals surface area contributed by atoms with Crippen molar-refractivity contribution in [1.82, 2.24) is 0 Å². The summed E-state index contributed by atoms with van der Waals surface area (Å²) in [5.41, 5.74) is 0. The first-order valence-corrected chi connectivity index (χ1v) is 3.75. The van der Waals surface area contributed by atoms with Crippen molar-refractivity contribution in [2.24, 2.45) is 11.8 Å². The van der Waals surface area contributed by atoms with Crippen LogP contribution in [-0.2, 0) is 23.9 Å². The number of hydrogen-bond donors (Lipinski definition) is 0. The molecule has 0 bridgehead atoms. The van der Waals surface area contributed by atoms with Crippen molar-refractivity contribution in [2.45, 2.75) is 12.2 Å². The first kappa shape index (κ1) is 9.73. The molecule has 4 atom stereocenters. The minimum atomic E-state index is -0.970. The summed E-state index contributed by atoms with van der Waals surface area (Å²) in [7, 11) is 0. The van der Waals surface area contributed by atoms with Crippen LogP contribution in [0.3, 0.4) is 0 Å². The average Bonchev–Trinajstić information content (AvgIpc) is 2.54. The number of aldehydes is 4. The SMILES string of the molecule is O=CC1OC(C=O)C(C=O)C1C=O. The van der Waals surface area contributed by atoms with Crippen LogP contribution < -0.4 is 0 Å². The fourth-order valence-corrected chi connectivity index (χ4v) is 1.38. The molecule has 5 heteroatoms. The molecule has 0 radical (unpaired) electrons. The lowest BCUT2D eigenvalue weighted by Gasteiger charge is -2.06. The molecular formula is C8H8O5. The molecule has 1 heterocycles. The van der Waals surface area contributed by atoms with Gasteiger partial charge in [0.1, 0.15) is 37.4 Å². The number of ether oxygens (including phenoxy) is 1. The zero-order valence-corrected chi connectivity index (χ0v) is 6.66. The van der Waals surface area contributed by atoms with Crippen molar-refractivity contribution in [3.63, 3.8) is 0 Å². The van der Waals surface area contributed by atoms with Crippen molar-refractivity contribution in [1.29, 1.82) is 0 Å². The third-order valence-electron chi connectivity index (χ3n) is 2.10. The molecule has 5 nitrogen and oxygen atoms in total. The molecule has 0 aromatic heterocycles. The predicted octanol–water partition coefficient (Wildman–Crippen LogP) is -1.22. The average molecular weight is 184 g/mol. The second-order valence-electron chi connectivity index (χ2n) is 2.76. The van der Waals surface area contributed by atoms with E-state index in [0.29, 0.717) is 25.1 Å². The van der Waals surface area contributed by atoms with Crippen LogP contribution in [0.5, 0.6) is 0 Å². The Hall–Kier alpha value is -1.36. The Morgan fingerprint density at radius 3 is 1.31 bits per heavy atom. The molecule has 0 aromatic carbocycles. The molecule has 0 aromatic rings. The molecule has 1 aliphatic heterocycles. The first-order valence-electron chi connectivity index (χ1n) is 3.75. The molecule has 0 amide bonds. The molecule has 0 saturated carbocycles. The van der Waals surface area contributed by atoms with Crippen molar-refractivity contribution < 1.29 is 23.9 Å². The summed E-state index contributed by atoms with van der Waals surface area (Å²) >= 11 is 0. The smallest absolute Gasteiger partial charge is 0.149 e. The van der Waals surface area contributed by atoms with Gasteiger partial charge >= 0.3 is 0 Å². The lowest BCUT2D eigenvalue weighted by Crippen LogP contribution is -2.25. The third-order valence-corrected chi connectivity index (χ3v) is 2.10. The Morgan fingerprint density at radius 2 is 1.08 bits per heavy atom. The topological polar surface area (TPSA) is 77.5 Å². The maximum Gasteiger partial charge on any atom is 0.149 e. The van der Waals surface area contributed by atoms with Crippen LogP contribution in [0.15, 0.2) is 0 Å². The summed E-state index contributed by atoms with van der Waals surface area (Å²) < 4.78 is 4.87. The van der Waals surface area contributed by atoms with Crippen LogP contribution in [0.25, 0.3) is 0 Å². The fraction of sp³-hybridized carbons (Fsp3) is 0.500. The maximum absolute atomic E-state index is 10.5. The first-order chi connectivity index (χ1) is 6.28. The molecule has 1 fully saturated rings. The minimum absolute atomic E-state index is 0.430. The molecule has 0 N–H and O–H groups in total. The highest BCUT2D eigenvalue weighted by Crippen LogP contribution is 2.27. The quantitative estimate of drug-likeness (QED) is 0.512. The standard InChI is InChI=1S/C8H8O5/c9-1-5-6(2-10)8(4-12)13-7(5)3-11/h1-8H. The van der Waals surface area contributed by atoms with Crippen LogP contribution in [0, 0.1) is 11.8 Å². The van der Waals surface area contributed by atoms with E-state index in [1.54, 1.807) is 0 Å². The molecule has 1 rings (SSSR count). The zero-order chi connectivity index (χ0) is 9.84. The van der Waals surface area contributed by atoms with Crippen molar-refractivity contribution in [3.05, 3.63) is 0 Å². The minimum Gasteiger partial charge on any atom is -0.359 e. The van der Waals surface area contributed by atoms with Gasteiger partial charge in [-0.3, -0.25) is 0 Å². The van der Waals surface area contributed by atoms with Crippen molar-refractivity contribution in [2.75, 3.05) is 0 Å². The normalized spacial score (nSPS) is 38.2. The Morgan fingerprint density at radius 1 is 0.692 bits per heavy atom. The van der Waals surface area contributed by atoms with E-state index in [4.69, 9.17) is 4.74 Å². The molecular weight excluding hydrogens is 176 g/mol. The Balaban J connectivity index is 2.88. The molecule has 1 aliphatic rings. The highest BCUT2D eigenvalue weighted by atomic mass is 16.5. The van der Waals surface area contributed by atoms with Crippen LogP contribution in [0.1, 0.15) is 0 Å². The number of hydrogen-bond acceptors (Lipinski definition) is 5. The van der Waals surface area contributed by atoms with E-state index in [9.17, 15) is 19.2 Å². The molecule has 13 heavy (non-hydrogen) atoms. The third kappa shape index (κ3) is 1.55. The van der Waals surface area contributed by atoms with Crippen LogP contribution in [-0.4, -0.2) is 37.4 Å². The summed E-state index contributed by atoms with van der Waals surface area (Å²) in [6.07, 6.45) is -0.132. The van der Waals surface area contributed by atoms with Gasteiger partial charge in [0.15, 0.2) is 0 Å². The van der Waals surface area contributed by atoms with Gasteiger partial charge in [0, 0.05) is 0 Å². The van der Waals surface area contributed by atoms with Crippen LogP contribution in [0.2, 0.25) is 0 Å². The largest absolute Gasteiger partial charge is 0.359 e. The van der Waals surface area contributed by atoms with Gasteiger partial charge in [-0.15, -0.1) is 0 Å². The highest BCUT2D eigenvalue weighted by Gasteiger charge is 2.44. The van der Waals surface area contributed by atoms with E-state index < -0.39 is 24.0 Å². The zero-order valence-electron chi connectivity index (χ0n) is 6.66. The van der Waals surface area contributed by atoms with E-state index in [1.165, 1.54) is 0 Å². The Bertz CT molecular complexity index is 213. The molecule has 4 unspecified atom stereocenters. The van der Waals surface area contributed by atoms with Gasteiger partial charge < -0.3 is 23.9 Å². The molecule has 1 saturated heterocycles. The monoisotopic (exact) mass is 184 g/mol. The summed E-state index contributed by atoms with van der Waals surface area (Å²) in [5.74, 6) is -1.66. The van der Waals surface area contributed by atoms with Gasteiger partial charge in [-0.2, -0.15) is 0 Å². The summed E-state index contributed by atoms with van der Waals surface area (Å²) in [5, 5.41) is 0. The number of rotatable bonds is 4. The highest BCUT2D eigenvalue weighted by molar-refractivity contribution is 5.78. The maximum atomic E-state index is 10.5. The lowest BCUT2D eigenvalue weighted by atomic mass is 9.90. The second kappa shape index (κ2) is 4.04.